The molecule has 0 saturated carbocycles. The highest BCUT2D eigenvalue weighted by atomic mass is 16.5. The van der Waals surface area contributed by atoms with E-state index in [0.29, 0.717) is 31.2 Å². The molecule has 6 rings (SSSR count). The second kappa shape index (κ2) is 16.7. The van der Waals surface area contributed by atoms with Gasteiger partial charge in [0, 0.05) is 27.3 Å². The van der Waals surface area contributed by atoms with Gasteiger partial charge in [0.15, 0.2) is 0 Å². The molecule has 2 saturated heterocycles. The molecule has 2 aliphatic heterocycles. The number of aromatic amines is 2. The number of rotatable bonds is 13. The van der Waals surface area contributed by atoms with Gasteiger partial charge in [-0.25, -0.2) is 19.6 Å². The minimum Gasteiger partial charge on any atom is -0.465 e. The molecule has 0 spiro atoms. The molecular formula is C37H44N8O8. The SMILES string of the molecule is COC[C@H](NC(=O)O)C(=O)N1CCC[C@H]1c1ncc(-c2ccc(-c3ccc(-c4cnc([C@@H]5CCCN5C(=O)[C@H](COC)NC(=O)OC)[nH]4)cc3)cc2)[nH]1. The van der Waals surface area contributed by atoms with Crippen LogP contribution in [0.25, 0.3) is 33.6 Å². The number of carboxylic acid groups (broad SMARTS) is 1. The van der Waals surface area contributed by atoms with E-state index in [1.165, 1.54) is 21.3 Å². The smallest absolute Gasteiger partial charge is 0.407 e. The third-order valence-electron chi connectivity index (χ3n) is 9.66. The van der Waals surface area contributed by atoms with Gasteiger partial charge in [-0.05, 0) is 47.9 Å². The van der Waals surface area contributed by atoms with Crippen LogP contribution >= 0.6 is 0 Å². The van der Waals surface area contributed by atoms with E-state index >= 15 is 0 Å². The number of amides is 4. The number of H-pyrrole nitrogens is 2. The van der Waals surface area contributed by atoms with Crippen LogP contribution in [0.2, 0.25) is 0 Å². The predicted octanol–water partition coefficient (Wildman–Crippen LogP) is 4.11. The van der Waals surface area contributed by atoms with Crippen LogP contribution in [-0.2, 0) is 23.8 Å². The Hall–Kier alpha value is -5.74. The summed E-state index contributed by atoms with van der Waals surface area (Å²) in [6, 6.07) is 13.8. The van der Waals surface area contributed by atoms with Crippen molar-refractivity contribution in [2.45, 2.75) is 49.9 Å². The first-order chi connectivity index (χ1) is 25.7. The van der Waals surface area contributed by atoms with Crippen LogP contribution in [0.3, 0.4) is 0 Å². The van der Waals surface area contributed by atoms with Crippen molar-refractivity contribution in [3.63, 3.8) is 0 Å². The largest absolute Gasteiger partial charge is 0.465 e. The maximum Gasteiger partial charge on any atom is 0.407 e. The number of hydrogen-bond acceptors (Lipinski definition) is 9. The van der Waals surface area contributed by atoms with E-state index < -0.39 is 24.3 Å². The second-order valence-corrected chi connectivity index (χ2v) is 13.0. The molecule has 4 amide bonds. The van der Waals surface area contributed by atoms with Crippen LogP contribution in [0.5, 0.6) is 0 Å². The minimum atomic E-state index is -1.28. The van der Waals surface area contributed by atoms with Gasteiger partial charge >= 0.3 is 12.2 Å². The fourth-order valence-corrected chi connectivity index (χ4v) is 7.05. The van der Waals surface area contributed by atoms with Gasteiger partial charge in [0.05, 0.1) is 56.2 Å². The van der Waals surface area contributed by atoms with E-state index in [-0.39, 0.29) is 37.1 Å². The number of nitrogens with zero attached hydrogens (tertiary/aromatic N) is 4. The highest BCUT2D eigenvalue weighted by molar-refractivity contribution is 5.87. The third kappa shape index (κ3) is 8.34. The molecule has 2 fully saturated rings. The molecule has 0 aliphatic carbocycles. The summed E-state index contributed by atoms with van der Waals surface area (Å²) in [5.74, 6) is 0.738. The fourth-order valence-electron chi connectivity index (χ4n) is 7.05. The fraction of sp³-hybridized carbons (Fsp3) is 0.405. The minimum absolute atomic E-state index is 0.0234. The van der Waals surface area contributed by atoms with E-state index in [4.69, 9.17) is 9.47 Å². The summed E-state index contributed by atoms with van der Waals surface area (Å²) in [6.07, 6.45) is 4.58. The van der Waals surface area contributed by atoms with Crippen LogP contribution in [0.4, 0.5) is 9.59 Å². The molecule has 4 aromatic rings. The Balaban J connectivity index is 1.10. The van der Waals surface area contributed by atoms with Crippen LogP contribution in [0.1, 0.15) is 49.4 Å². The van der Waals surface area contributed by atoms with Crippen LogP contribution < -0.4 is 10.6 Å². The van der Waals surface area contributed by atoms with Crippen molar-refractivity contribution in [3.8, 4) is 33.6 Å². The summed E-state index contributed by atoms with van der Waals surface area (Å²) in [4.78, 5) is 69.0. The molecule has 0 unspecified atom stereocenters. The van der Waals surface area contributed by atoms with Crippen molar-refractivity contribution in [1.29, 1.82) is 0 Å². The van der Waals surface area contributed by atoms with Gasteiger partial charge in [-0.1, -0.05) is 48.5 Å². The Morgan fingerprint density at radius 3 is 1.53 bits per heavy atom. The standard InChI is InChI=1S/C37H44N8O8/c1-51-20-28(42-36(48)49)34(46)44-16-4-6-30(44)32-38-18-26(40-32)24-12-8-22(9-13-24)23-10-14-25(15-11-23)27-19-39-33(41-27)31-7-5-17-45(31)35(47)29(21-52-2)43-37(50)53-3/h8-15,18-19,28-31,42H,4-7,16-17,20-21H2,1-3H3,(H,38,40)(H,39,41)(H,43,50)(H,48,49)/t28-,29-,30-,31-/m0/s1. The lowest BCUT2D eigenvalue weighted by atomic mass is 10.0. The molecular weight excluding hydrogens is 684 g/mol. The zero-order chi connectivity index (χ0) is 37.5. The zero-order valence-electron chi connectivity index (χ0n) is 29.8. The Morgan fingerprint density at radius 1 is 0.717 bits per heavy atom. The monoisotopic (exact) mass is 728 g/mol. The number of hydrogen-bond donors (Lipinski definition) is 5. The van der Waals surface area contributed by atoms with Gasteiger partial charge < -0.3 is 49.7 Å². The van der Waals surface area contributed by atoms with Crippen LogP contribution in [0.15, 0.2) is 60.9 Å². The number of ether oxygens (including phenoxy) is 3. The quantitative estimate of drug-likeness (QED) is 0.133. The van der Waals surface area contributed by atoms with Crippen molar-refractivity contribution < 1.29 is 38.5 Å². The topological polar surface area (TPSA) is 204 Å². The summed E-state index contributed by atoms with van der Waals surface area (Å²) in [6.45, 7) is 1.01. The molecule has 2 aromatic heterocycles. The third-order valence-corrected chi connectivity index (χ3v) is 9.66. The first-order valence-electron chi connectivity index (χ1n) is 17.4. The van der Waals surface area contributed by atoms with E-state index in [1.807, 2.05) is 48.5 Å². The highest BCUT2D eigenvalue weighted by Crippen LogP contribution is 2.34. The number of aromatic nitrogens is 4. The summed E-state index contributed by atoms with van der Waals surface area (Å²) in [5, 5.41) is 14.0. The predicted molar refractivity (Wildman–Crippen MR) is 192 cm³/mol. The number of carbonyl (C=O) groups is 4. The van der Waals surface area contributed by atoms with Crippen LogP contribution in [-0.4, -0.2) is 119 Å². The van der Waals surface area contributed by atoms with Gasteiger partial charge in [0.1, 0.15) is 23.7 Å². The number of nitrogens with one attached hydrogen (secondary N) is 4. The Kier molecular flexibility index (Phi) is 11.7. The summed E-state index contributed by atoms with van der Waals surface area (Å²) in [5.41, 5.74) is 5.57. The van der Waals surface area contributed by atoms with Gasteiger partial charge in [-0.3, -0.25) is 9.59 Å². The van der Waals surface area contributed by atoms with Gasteiger partial charge in [-0.15, -0.1) is 0 Å². The Morgan fingerprint density at radius 2 is 1.13 bits per heavy atom. The van der Waals surface area contributed by atoms with Gasteiger partial charge in [0.25, 0.3) is 0 Å². The van der Waals surface area contributed by atoms with Crippen molar-refractivity contribution in [2.24, 2.45) is 0 Å². The summed E-state index contributed by atoms with van der Waals surface area (Å²) >= 11 is 0. The van der Waals surface area contributed by atoms with E-state index in [1.54, 1.807) is 22.2 Å². The molecule has 5 N–H and O–H groups in total. The molecule has 16 nitrogen and oxygen atoms in total. The van der Waals surface area contributed by atoms with Crippen molar-refractivity contribution in [3.05, 3.63) is 72.6 Å². The number of alkyl carbamates (subject to hydrolysis) is 1. The van der Waals surface area contributed by atoms with Crippen molar-refractivity contribution >= 4 is 24.0 Å². The average Bonchev–Trinajstić information content (AvgIpc) is 4.00. The molecule has 280 valence electrons. The molecule has 16 heteroatoms. The Labute approximate surface area is 306 Å². The summed E-state index contributed by atoms with van der Waals surface area (Å²) in [7, 11) is 4.15. The summed E-state index contributed by atoms with van der Waals surface area (Å²) < 4.78 is 14.9. The lowest BCUT2D eigenvalue weighted by Gasteiger charge is -2.27. The van der Waals surface area contributed by atoms with E-state index in [0.717, 1.165) is 52.9 Å². The Bertz CT molecular complexity index is 1890. The molecule has 4 heterocycles. The maximum absolute atomic E-state index is 13.4. The normalized spacial score (nSPS) is 18.1. The molecule has 53 heavy (non-hydrogen) atoms. The lowest BCUT2D eigenvalue weighted by Crippen LogP contribution is -2.50. The molecule has 0 bridgehead atoms. The number of methoxy groups -OCH3 is 3. The number of likely N-dealkylation sites (tertiary alicyclic amines) is 2. The first kappa shape index (κ1) is 37.0. The molecule has 4 atom stereocenters. The highest BCUT2D eigenvalue weighted by Gasteiger charge is 2.37. The van der Waals surface area contributed by atoms with Gasteiger partial charge in [-0.2, -0.15) is 0 Å². The van der Waals surface area contributed by atoms with Crippen molar-refractivity contribution in [1.82, 2.24) is 40.4 Å². The number of benzene rings is 2. The van der Waals surface area contributed by atoms with E-state index in [9.17, 15) is 24.3 Å². The second-order valence-electron chi connectivity index (χ2n) is 13.0. The molecule has 2 aromatic carbocycles. The average molecular weight is 729 g/mol. The zero-order valence-corrected chi connectivity index (χ0v) is 29.8. The molecule has 0 radical (unpaired) electrons. The number of imidazole rings is 2. The van der Waals surface area contributed by atoms with Gasteiger partial charge in [0.2, 0.25) is 11.8 Å². The maximum atomic E-state index is 13.4. The van der Waals surface area contributed by atoms with Crippen molar-refractivity contribution in [2.75, 3.05) is 47.6 Å². The lowest BCUT2D eigenvalue weighted by molar-refractivity contribution is -0.136. The van der Waals surface area contributed by atoms with E-state index in [2.05, 4.69) is 35.3 Å². The number of carbonyl (C=O) groups excluding carboxylic acids is 3. The molecule has 2 aliphatic rings. The first-order valence-corrected chi connectivity index (χ1v) is 17.4. The van der Waals surface area contributed by atoms with Crippen LogP contribution in [0, 0.1) is 0 Å².